The van der Waals surface area contributed by atoms with Gasteiger partial charge in [0.1, 0.15) is 11.4 Å². The summed E-state index contributed by atoms with van der Waals surface area (Å²) in [7, 11) is 1.52. The molecule has 1 aliphatic rings. The van der Waals surface area contributed by atoms with E-state index in [1.165, 1.54) is 23.9 Å². The first-order valence-corrected chi connectivity index (χ1v) is 9.77. The minimum Gasteiger partial charge on any atom is -0.383 e. The number of carbonyl (C=O) groups is 3. The van der Waals surface area contributed by atoms with Crippen LogP contribution >= 0.6 is 11.6 Å². The van der Waals surface area contributed by atoms with Crippen LogP contribution in [-0.2, 0) is 4.79 Å². The van der Waals surface area contributed by atoms with Crippen LogP contribution in [0.3, 0.4) is 0 Å². The molecule has 5 N–H and O–H groups in total. The molecule has 0 radical (unpaired) electrons. The molecule has 1 aromatic carbocycles. The maximum Gasteiger partial charge on any atom is 0.255 e. The number of anilines is 1. The second-order valence-corrected chi connectivity index (χ2v) is 7.28. The van der Waals surface area contributed by atoms with Gasteiger partial charge in [0.05, 0.1) is 11.1 Å². The number of primary amides is 1. The fraction of sp³-hybridized carbons (Fsp3) is 0.238. The fourth-order valence-corrected chi connectivity index (χ4v) is 3.52. The van der Waals surface area contributed by atoms with E-state index in [0.717, 1.165) is 0 Å². The van der Waals surface area contributed by atoms with Gasteiger partial charge in [-0.1, -0.05) is 24.1 Å². The number of rotatable bonds is 4. The van der Waals surface area contributed by atoms with Crippen LogP contribution in [-0.4, -0.2) is 52.5 Å². The van der Waals surface area contributed by atoms with E-state index in [4.69, 9.17) is 23.1 Å². The van der Waals surface area contributed by atoms with Crippen LogP contribution in [0.4, 0.5) is 5.82 Å². The molecule has 10 heteroatoms. The zero-order chi connectivity index (χ0) is 22.7. The zero-order valence-electron chi connectivity index (χ0n) is 16.8. The van der Waals surface area contributed by atoms with E-state index in [9.17, 15) is 14.4 Å². The van der Waals surface area contributed by atoms with Gasteiger partial charge in [-0.15, -0.1) is 0 Å². The number of benzene rings is 1. The summed E-state index contributed by atoms with van der Waals surface area (Å²) in [6, 6.07) is 4.44. The number of aromatic nitrogens is 2. The predicted octanol–water partition coefficient (Wildman–Crippen LogP) is 0.936. The number of nitrogens with two attached hydrogens (primary N) is 2. The molecule has 0 aliphatic carbocycles. The molecule has 2 aromatic rings. The Hall–Kier alpha value is -3.77. The maximum atomic E-state index is 12.0. The first kappa shape index (κ1) is 21.9. The molecule has 3 rings (SSSR count). The Morgan fingerprint density at radius 2 is 2.10 bits per heavy atom. The van der Waals surface area contributed by atoms with Crippen molar-refractivity contribution in [3.8, 4) is 11.8 Å². The lowest BCUT2D eigenvalue weighted by molar-refractivity contribution is -0.125. The van der Waals surface area contributed by atoms with Crippen molar-refractivity contribution in [1.82, 2.24) is 20.0 Å². The van der Waals surface area contributed by atoms with Gasteiger partial charge in [-0.2, -0.15) is 5.10 Å². The molecule has 9 nitrogen and oxygen atoms in total. The highest BCUT2D eigenvalue weighted by molar-refractivity contribution is 6.31. The lowest BCUT2D eigenvalue weighted by atomic mass is 10.1. The van der Waals surface area contributed by atoms with Gasteiger partial charge in [-0.05, 0) is 36.6 Å². The number of carbonyl (C=O) groups excluding carboxylic acids is 3. The van der Waals surface area contributed by atoms with Crippen molar-refractivity contribution >= 4 is 35.1 Å². The Morgan fingerprint density at radius 3 is 2.74 bits per heavy atom. The summed E-state index contributed by atoms with van der Waals surface area (Å²) >= 11 is 6.19. The van der Waals surface area contributed by atoms with Crippen molar-refractivity contribution in [3.05, 3.63) is 58.3 Å². The van der Waals surface area contributed by atoms with Gasteiger partial charge >= 0.3 is 0 Å². The number of halogens is 1. The van der Waals surface area contributed by atoms with Crippen LogP contribution in [0.25, 0.3) is 0 Å². The molecule has 1 saturated heterocycles. The highest BCUT2D eigenvalue weighted by atomic mass is 35.5. The smallest absolute Gasteiger partial charge is 0.255 e. The molecule has 0 saturated carbocycles. The summed E-state index contributed by atoms with van der Waals surface area (Å²) in [6.07, 6.45) is 1.85. The summed E-state index contributed by atoms with van der Waals surface area (Å²) in [5.74, 6) is 4.47. The molecule has 31 heavy (non-hydrogen) atoms. The quantitative estimate of drug-likeness (QED) is 0.480. The Labute approximate surface area is 184 Å². The maximum absolute atomic E-state index is 12.0. The van der Waals surface area contributed by atoms with Gasteiger partial charge in [-0.3, -0.25) is 14.4 Å². The molecule has 2 heterocycles. The van der Waals surface area contributed by atoms with E-state index < -0.39 is 5.91 Å². The molecule has 0 bridgehead atoms. The third-order valence-electron chi connectivity index (χ3n) is 4.96. The zero-order valence-corrected chi connectivity index (χ0v) is 17.6. The van der Waals surface area contributed by atoms with Gasteiger partial charge in [0.15, 0.2) is 5.69 Å². The minimum absolute atomic E-state index is 0.000393. The molecular formula is C21H21ClN6O3. The number of likely N-dealkylation sites (tertiary alicyclic amines) is 1. The standard InChI is InChI=1S/C21H21ClN6O3/c1-3-17(29)27-9-8-14(11-27)28-19(23)18(20(24)30)16(26-28)7-5-12-10-13(21(31)25-2)4-6-15(12)22/h3-4,6,10,14H,1,8-9,11,23H2,2H3,(H2,24,30)(H,25,31). The highest BCUT2D eigenvalue weighted by Crippen LogP contribution is 2.27. The van der Waals surface area contributed by atoms with Crippen molar-refractivity contribution < 1.29 is 14.4 Å². The van der Waals surface area contributed by atoms with Crippen molar-refractivity contribution in [2.24, 2.45) is 5.73 Å². The van der Waals surface area contributed by atoms with E-state index in [2.05, 4.69) is 28.8 Å². The second-order valence-electron chi connectivity index (χ2n) is 6.87. The van der Waals surface area contributed by atoms with Gasteiger partial charge < -0.3 is 21.7 Å². The number of nitrogen functional groups attached to an aromatic ring is 1. The largest absolute Gasteiger partial charge is 0.383 e. The van der Waals surface area contributed by atoms with Gasteiger partial charge in [0.25, 0.3) is 11.8 Å². The van der Waals surface area contributed by atoms with Crippen LogP contribution in [0, 0.1) is 11.8 Å². The normalized spacial score (nSPS) is 15.2. The predicted molar refractivity (Wildman–Crippen MR) is 116 cm³/mol. The van der Waals surface area contributed by atoms with Crippen LogP contribution < -0.4 is 16.8 Å². The highest BCUT2D eigenvalue weighted by Gasteiger charge is 2.30. The van der Waals surface area contributed by atoms with E-state index in [0.29, 0.717) is 35.7 Å². The third-order valence-corrected chi connectivity index (χ3v) is 5.29. The molecule has 1 unspecified atom stereocenters. The van der Waals surface area contributed by atoms with Crippen LogP contribution in [0.5, 0.6) is 0 Å². The summed E-state index contributed by atoms with van der Waals surface area (Å²) < 4.78 is 1.48. The second kappa shape index (κ2) is 8.93. The van der Waals surface area contributed by atoms with Crippen molar-refractivity contribution in [1.29, 1.82) is 0 Å². The summed E-state index contributed by atoms with van der Waals surface area (Å²) in [5.41, 5.74) is 12.5. The fourth-order valence-electron chi connectivity index (χ4n) is 3.36. The van der Waals surface area contributed by atoms with Crippen molar-refractivity contribution in [3.63, 3.8) is 0 Å². The average Bonchev–Trinajstić information content (AvgIpc) is 3.36. The van der Waals surface area contributed by atoms with Crippen LogP contribution in [0.15, 0.2) is 30.9 Å². The first-order chi connectivity index (χ1) is 14.8. The molecule has 1 fully saturated rings. The van der Waals surface area contributed by atoms with E-state index in [1.54, 1.807) is 17.0 Å². The lowest BCUT2D eigenvalue weighted by Gasteiger charge is -2.15. The molecule has 1 aliphatic heterocycles. The van der Waals surface area contributed by atoms with Crippen molar-refractivity contribution in [2.75, 3.05) is 25.9 Å². The van der Waals surface area contributed by atoms with Gasteiger partial charge in [-0.25, -0.2) is 4.68 Å². The summed E-state index contributed by atoms with van der Waals surface area (Å²) in [6.45, 7) is 4.39. The number of nitrogens with zero attached hydrogens (tertiary/aromatic N) is 3. The van der Waals surface area contributed by atoms with Crippen LogP contribution in [0.2, 0.25) is 5.02 Å². The average molecular weight is 441 g/mol. The summed E-state index contributed by atoms with van der Waals surface area (Å²) in [5, 5.41) is 7.24. The lowest BCUT2D eigenvalue weighted by Crippen LogP contribution is -2.27. The number of amides is 3. The molecule has 3 amide bonds. The Bertz CT molecular complexity index is 1140. The Kier molecular flexibility index (Phi) is 6.32. The minimum atomic E-state index is -0.768. The van der Waals surface area contributed by atoms with Gasteiger partial charge in [0, 0.05) is 31.3 Å². The molecular weight excluding hydrogens is 420 g/mol. The van der Waals surface area contributed by atoms with E-state index in [1.807, 2.05) is 0 Å². The summed E-state index contributed by atoms with van der Waals surface area (Å²) in [4.78, 5) is 37.3. The Balaban J connectivity index is 1.98. The Morgan fingerprint density at radius 1 is 1.35 bits per heavy atom. The van der Waals surface area contributed by atoms with E-state index >= 15 is 0 Å². The van der Waals surface area contributed by atoms with Crippen LogP contribution in [0.1, 0.15) is 44.4 Å². The van der Waals surface area contributed by atoms with Gasteiger partial charge in [0.2, 0.25) is 5.91 Å². The SMILES string of the molecule is C=CC(=O)N1CCC(n2nc(C#Cc3cc(C(=O)NC)ccc3Cl)c(C(N)=O)c2N)C1. The van der Waals surface area contributed by atoms with Crippen molar-refractivity contribution in [2.45, 2.75) is 12.5 Å². The molecule has 0 spiro atoms. The number of hydrogen-bond donors (Lipinski definition) is 3. The topological polar surface area (TPSA) is 136 Å². The monoisotopic (exact) mass is 440 g/mol. The van der Waals surface area contributed by atoms with E-state index in [-0.39, 0.29) is 34.9 Å². The first-order valence-electron chi connectivity index (χ1n) is 9.39. The third kappa shape index (κ3) is 4.39. The number of nitrogens with one attached hydrogen (secondary N) is 1. The number of hydrogen-bond acceptors (Lipinski definition) is 5. The molecule has 160 valence electrons. The molecule has 1 atom stereocenters. The molecule has 1 aromatic heterocycles.